The Morgan fingerprint density at radius 1 is 0.176 bits per heavy atom. The van der Waals surface area contributed by atoms with Crippen molar-refractivity contribution in [2.45, 2.75) is 53.4 Å². The van der Waals surface area contributed by atoms with E-state index in [1.165, 1.54) is 226 Å². The number of aryl methyl sites for hydroxylation is 4. The molecular weight excluding hydrogens is 1800 g/mol. The van der Waals surface area contributed by atoms with Crippen LogP contribution in [0.15, 0.2) is 487 Å². The molecule has 712 valence electrons. The molecule has 148 heavy (non-hydrogen) atoms. The Morgan fingerprint density at radius 2 is 0.453 bits per heavy atom. The Hall–Kier alpha value is -18.5. The smallest absolute Gasteiger partial charge is 0.248 e. The zero-order valence-corrected chi connectivity index (χ0v) is 82.6. The SMILES string of the molecule is C.C.C[n+]1ccc(-c2ccc3c(c2)c2cc4c(cc2n3-c2ccccc2)C(C)(C)c2ccccc2-4)cc1.C[n+]1ccc(-c2ccc3c(c2)c2cc4c(cc2n3-c2ccccc2)c2ccccc2n4-c2ccccc2)cc1.C[n+]1ccn(-c2ccc3c(c2)c2cc4c(cc2n3-c2ccccc2)C(C)(C)c2ccccc2-4)c1.C[n+]1ccn(-c2ccc3c(c2)c2ccc4c5ccccc5n(-c5ccccc5)c4c2n3-c2ccccc2)c1. The fraction of sp³-hybridized carbons (Fsp3) is 0.0882. The van der Waals surface area contributed by atoms with Gasteiger partial charge in [0.05, 0.1) is 80.3 Å². The van der Waals surface area contributed by atoms with Crippen LogP contribution in [0.4, 0.5) is 0 Å². The highest BCUT2D eigenvalue weighted by atomic mass is 15.1. The fourth-order valence-corrected chi connectivity index (χ4v) is 23.8. The van der Waals surface area contributed by atoms with Gasteiger partial charge in [-0.3, -0.25) is 0 Å². The number of hydrogen-bond donors (Lipinski definition) is 0. The van der Waals surface area contributed by atoms with Gasteiger partial charge in [0.25, 0.3) is 0 Å². The normalized spacial score (nSPS) is 12.6. The van der Waals surface area contributed by atoms with Crippen LogP contribution in [0.2, 0.25) is 0 Å². The summed E-state index contributed by atoms with van der Waals surface area (Å²) in [6, 6.07) is 155. The van der Waals surface area contributed by atoms with Gasteiger partial charge in [0.2, 0.25) is 12.7 Å². The van der Waals surface area contributed by atoms with Crippen LogP contribution >= 0.6 is 0 Å². The highest BCUT2D eigenvalue weighted by Gasteiger charge is 2.39. The van der Waals surface area contributed by atoms with E-state index in [1.54, 1.807) is 0 Å². The third-order valence-electron chi connectivity index (χ3n) is 30.9. The number of fused-ring (bicyclic) bond motifs is 25. The molecule has 18 aromatic carbocycles. The van der Waals surface area contributed by atoms with Crippen LogP contribution in [-0.4, -0.2) is 36.5 Å². The largest absolute Gasteiger partial charge is 0.309 e. The van der Waals surface area contributed by atoms with Crippen molar-refractivity contribution in [1.29, 1.82) is 0 Å². The molecule has 0 saturated carbocycles. The number of rotatable bonds is 10. The molecule has 10 heterocycles. The highest BCUT2D eigenvalue weighted by molar-refractivity contribution is 6.25. The van der Waals surface area contributed by atoms with Crippen molar-refractivity contribution in [2.75, 3.05) is 0 Å². The Kier molecular flexibility index (Phi) is 22.0. The van der Waals surface area contributed by atoms with Crippen molar-refractivity contribution in [2.24, 2.45) is 28.2 Å². The summed E-state index contributed by atoms with van der Waals surface area (Å²) in [6.45, 7) is 9.41. The molecular formula is C136H112N12+4. The minimum atomic E-state index is -0.0250. The Balaban J connectivity index is 0.000000102. The van der Waals surface area contributed by atoms with E-state index in [-0.39, 0.29) is 25.7 Å². The molecule has 0 amide bonds. The predicted octanol–water partition coefficient (Wildman–Crippen LogP) is 31.4. The quantitative estimate of drug-likeness (QED) is 0.123. The molecule has 0 spiro atoms. The molecule has 12 nitrogen and oxygen atoms in total. The second-order valence-electron chi connectivity index (χ2n) is 40.3. The van der Waals surface area contributed by atoms with Gasteiger partial charge >= 0.3 is 0 Å². The van der Waals surface area contributed by atoms with E-state index in [0.717, 1.165) is 17.1 Å². The first-order chi connectivity index (χ1) is 71.6. The van der Waals surface area contributed by atoms with E-state index in [4.69, 9.17) is 0 Å². The average molecular weight is 1910 g/mol. The van der Waals surface area contributed by atoms with Crippen LogP contribution in [-0.2, 0) is 39.0 Å². The van der Waals surface area contributed by atoms with E-state index >= 15 is 0 Å². The van der Waals surface area contributed by atoms with Gasteiger partial charge in [-0.25, -0.2) is 27.4 Å². The number of aromatic nitrogens is 12. The minimum Gasteiger partial charge on any atom is -0.309 e. The summed E-state index contributed by atoms with van der Waals surface area (Å²) in [5, 5.41) is 15.2. The zero-order chi connectivity index (χ0) is 97.9. The molecule has 2 aliphatic carbocycles. The predicted molar refractivity (Wildman–Crippen MR) is 615 cm³/mol. The van der Waals surface area contributed by atoms with Crippen molar-refractivity contribution in [3.8, 4) is 90.0 Å². The van der Waals surface area contributed by atoms with E-state index in [0.29, 0.717) is 0 Å². The second kappa shape index (κ2) is 35.8. The molecule has 10 aromatic heterocycles. The molecule has 0 radical (unpaired) electrons. The van der Waals surface area contributed by atoms with Gasteiger partial charge in [-0.05, 0) is 249 Å². The second-order valence-corrected chi connectivity index (χ2v) is 40.3. The minimum absolute atomic E-state index is 0. The van der Waals surface area contributed by atoms with Gasteiger partial charge in [-0.2, -0.15) is 0 Å². The van der Waals surface area contributed by atoms with Gasteiger partial charge < -0.3 is 27.4 Å². The summed E-state index contributed by atoms with van der Waals surface area (Å²) in [6.07, 6.45) is 21.0. The summed E-state index contributed by atoms with van der Waals surface area (Å²) in [4.78, 5) is 0. The lowest BCUT2D eigenvalue weighted by molar-refractivity contribution is -0.671. The van der Waals surface area contributed by atoms with E-state index in [9.17, 15) is 0 Å². The number of imidazole rings is 2. The molecule has 0 aliphatic heterocycles. The van der Waals surface area contributed by atoms with Gasteiger partial charge in [0.1, 0.15) is 50.3 Å². The lowest BCUT2D eigenvalue weighted by Crippen LogP contribution is -2.25. The molecule has 28 aromatic rings. The number of nitrogens with zero attached hydrogens (tertiary/aromatic N) is 12. The van der Waals surface area contributed by atoms with Crippen molar-refractivity contribution < 1.29 is 18.3 Å². The van der Waals surface area contributed by atoms with E-state index in [2.05, 4.69) is 598 Å². The summed E-state index contributed by atoms with van der Waals surface area (Å²) in [5.74, 6) is 0. The number of hydrogen-bond acceptors (Lipinski definition) is 0. The Bertz CT molecular complexity index is 10100. The first-order valence-corrected chi connectivity index (χ1v) is 50.4. The Morgan fingerprint density at radius 3 is 0.831 bits per heavy atom. The van der Waals surface area contributed by atoms with Crippen LogP contribution < -0.4 is 18.3 Å². The molecule has 0 atom stereocenters. The third-order valence-corrected chi connectivity index (χ3v) is 30.9. The van der Waals surface area contributed by atoms with Crippen LogP contribution in [0.5, 0.6) is 0 Å². The maximum Gasteiger partial charge on any atom is 0.248 e. The van der Waals surface area contributed by atoms with Crippen LogP contribution in [0.1, 0.15) is 64.8 Å². The maximum atomic E-state index is 2.44. The fourth-order valence-electron chi connectivity index (χ4n) is 23.8. The van der Waals surface area contributed by atoms with Gasteiger partial charge in [0, 0.05) is 134 Å². The first-order valence-electron chi connectivity index (χ1n) is 50.4. The van der Waals surface area contributed by atoms with Crippen molar-refractivity contribution >= 4 is 131 Å². The zero-order valence-electron chi connectivity index (χ0n) is 82.6. The Labute approximate surface area is 860 Å². The lowest BCUT2D eigenvalue weighted by Gasteiger charge is -2.21. The summed E-state index contributed by atoms with van der Waals surface area (Å²) in [7, 11) is 8.21. The summed E-state index contributed by atoms with van der Waals surface area (Å²) in [5.41, 5.74) is 40.0. The number of benzene rings is 18. The summed E-state index contributed by atoms with van der Waals surface area (Å²) >= 11 is 0. The van der Waals surface area contributed by atoms with Gasteiger partial charge in [0.15, 0.2) is 24.8 Å². The molecule has 0 bridgehead atoms. The molecule has 0 saturated heterocycles. The van der Waals surface area contributed by atoms with Crippen LogP contribution in [0.25, 0.3) is 221 Å². The van der Waals surface area contributed by atoms with Crippen LogP contribution in [0, 0.1) is 0 Å². The molecule has 12 heteroatoms. The third kappa shape index (κ3) is 14.7. The van der Waals surface area contributed by atoms with Crippen molar-refractivity contribution in [3.63, 3.8) is 0 Å². The van der Waals surface area contributed by atoms with Crippen molar-refractivity contribution in [1.82, 2.24) is 36.5 Å². The van der Waals surface area contributed by atoms with Crippen LogP contribution in [0.3, 0.4) is 0 Å². The molecule has 30 rings (SSSR count). The van der Waals surface area contributed by atoms with Crippen molar-refractivity contribution in [3.05, 3.63) is 509 Å². The maximum absolute atomic E-state index is 2.44. The van der Waals surface area contributed by atoms with E-state index < -0.39 is 0 Å². The monoisotopic (exact) mass is 1910 g/mol. The van der Waals surface area contributed by atoms with Gasteiger partial charge in [-0.15, -0.1) is 0 Å². The number of pyridine rings is 2. The molecule has 0 N–H and O–H groups in total. The summed E-state index contributed by atoms with van der Waals surface area (Å²) < 4.78 is 27.2. The lowest BCUT2D eigenvalue weighted by atomic mass is 9.82. The molecule has 0 fully saturated rings. The molecule has 2 aliphatic rings. The molecule has 0 unspecified atom stereocenters. The number of para-hydroxylation sites is 8. The highest BCUT2D eigenvalue weighted by Crippen LogP contribution is 2.55. The average Bonchev–Trinajstić information content (AvgIpc) is 1.54. The first kappa shape index (κ1) is 90.7. The standard InChI is InChI=1S/C36H26N3.C34H25N4.C33H27N2.C31H26N3.2CH4/c1-37-20-18-25(19-21-37)26-16-17-34-30(22-26)32-24-35-31(23-36(32)39(34)28-12-6-3-7-13-28)29-14-8-9-15-33(29)38(35)27-10-4-2-5-11-27;1-35-20-21-36(23-35)26-16-19-32-30(22-26)29-18-17-28-27-14-8-9-15-31(27)37(24-10-4-2-5-11-24)33(28)34(29)38(32)25-12-6-3-7-13-25;1-33(2)29-12-8-7-11-25(29)26-20-28-27-19-23(22-15-17-34(3)18-16-22)13-14-31(27)35(32(28)21-30(26)33)24-9-5-4-6-10-24;1-31(2)27-12-8-7-11-23(27)24-18-26-25-17-22(33-16-15-32(3)20-33)13-14-29(25)34(30(26)19-28(24)31)21-9-5-4-6-10-21;;/h2-24H,1H3;2-23H,1H3;4-21H,1-3H3;4-20H,1-3H3;2*1H4/q4*+1;;. The topological polar surface area (TPSA) is 55.0 Å². The van der Waals surface area contributed by atoms with E-state index in [1.807, 2.05) is 0 Å². The van der Waals surface area contributed by atoms with Gasteiger partial charge in [-0.1, -0.05) is 261 Å².